The van der Waals surface area contributed by atoms with Crippen molar-refractivity contribution in [3.05, 3.63) is 35.4 Å². The molecule has 2 aromatic rings. The number of benzene rings is 2. The number of carboxylic acid groups (broad SMARTS) is 1. The van der Waals surface area contributed by atoms with Crippen LogP contribution in [0.3, 0.4) is 0 Å². The first-order valence-corrected chi connectivity index (χ1v) is 5.09. The number of aryl methyl sites for hydroxylation is 1. The lowest BCUT2D eigenvalue weighted by atomic mass is 10.0. The highest BCUT2D eigenvalue weighted by Gasteiger charge is 2.17. The van der Waals surface area contributed by atoms with E-state index in [1.54, 1.807) is 12.1 Å². The topological polar surface area (TPSA) is 66.8 Å². The maximum atomic E-state index is 11.0. The van der Waals surface area contributed by atoms with Gasteiger partial charge in [-0.05, 0) is 18.6 Å². The monoisotopic (exact) mass is 232 g/mol. The van der Waals surface area contributed by atoms with E-state index in [-0.39, 0.29) is 11.3 Å². The maximum absolute atomic E-state index is 11.0. The van der Waals surface area contributed by atoms with Gasteiger partial charge in [0.05, 0.1) is 7.11 Å². The molecule has 0 aliphatic heterocycles. The number of aromatic hydroxyl groups is 1. The van der Waals surface area contributed by atoms with Crippen LogP contribution in [-0.4, -0.2) is 23.3 Å². The van der Waals surface area contributed by atoms with E-state index in [9.17, 15) is 9.90 Å². The molecule has 2 rings (SSSR count). The van der Waals surface area contributed by atoms with E-state index in [4.69, 9.17) is 9.84 Å². The molecule has 0 aromatic heterocycles. The van der Waals surface area contributed by atoms with Crippen LogP contribution in [0.25, 0.3) is 10.8 Å². The van der Waals surface area contributed by atoms with Crippen molar-refractivity contribution in [3.63, 3.8) is 0 Å². The van der Waals surface area contributed by atoms with Gasteiger partial charge in [0, 0.05) is 10.8 Å². The Morgan fingerprint density at radius 1 is 1.35 bits per heavy atom. The van der Waals surface area contributed by atoms with Gasteiger partial charge in [0.15, 0.2) is 0 Å². The number of carboxylic acids is 1. The van der Waals surface area contributed by atoms with E-state index >= 15 is 0 Å². The molecule has 0 fully saturated rings. The maximum Gasteiger partial charge on any atom is 0.339 e. The molecule has 4 nitrogen and oxygen atoms in total. The number of fused-ring (bicyclic) bond motifs is 1. The highest BCUT2D eigenvalue weighted by molar-refractivity contribution is 6.04. The first-order chi connectivity index (χ1) is 8.06. The minimum atomic E-state index is -1.18. The molecule has 0 spiro atoms. The Bertz CT molecular complexity index is 602. The van der Waals surface area contributed by atoms with Gasteiger partial charge in [0.25, 0.3) is 0 Å². The van der Waals surface area contributed by atoms with Crippen molar-refractivity contribution < 1.29 is 19.7 Å². The summed E-state index contributed by atoms with van der Waals surface area (Å²) < 4.78 is 5.18. The molecule has 0 saturated carbocycles. The first-order valence-electron chi connectivity index (χ1n) is 5.09. The van der Waals surface area contributed by atoms with Crippen LogP contribution in [0.4, 0.5) is 0 Å². The number of methoxy groups -OCH3 is 1. The Hall–Kier alpha value is -2.23. The molecule has 0 saturated heterocycles. The number of hydrogen-bond acceptors (Lipinski definition) is 3. The average Bonchev–Trinajstić information content (AvgIpc) is 2.30. The standard InChI is InChI=1S/C13H12O4/c1-7-4-3-5-8-11(7)10(17-2)6-9(12(8)14)13(15)16/h3-6,14H,1-2H3,(H,15,16). The fourth-order valence-electron chi connectivity index (χ4n) is 1.93. The summed E-state index contributed by atoms with van der Waals surface area (Å²) in [5.41, 5.74) is 0.770. The quantitative estimate of drug-likeness (QED) is 0.835. The smallest absolute Gasteiger partial charge is 0.339 e. The summed E-state index contributed by atoms with van der Waals surface area (Å²) in [5, 5.41) is 20.1. The van der Waals surface area contributed by atoms with Crippen molar-refractivity contribution in [3.8, 4) is 11.5 Å². The normalized spacial score (nSPS) is 10.5. The van der Waals surface area contributed by atoms with E-state index in [1.807, 2.05) is 13.0 Å². The summed E-state index contributed by atoms with van der Waals surface area (Å²) >= 11 is 0. The molecule has 88 valence electrons. The SMILES string of the molecule is COc1cc(C(=O)O)c(O)c2cccc(C)c12. The lowest BCUT2D eigenvalue weighted by Crippen LogP contribution is -1.99. The van der Waals surface area contributed by atoms with Gasteiger partial charge in [-0.25, -0.2) is 4.79 Å². The Morgan fingerprint density at radius 3 is 2.65 bits per heavy atom. The number of hydrogen-bond donors (Lipinski definition) is 2. The van der Waals surface area contributed by atoms with Crippen molar-refractivity contribution in [1.29, 1.82) is 0 Å². The number of carbonyl (C=O) groups is 1. The molecule has 0 bridgehead atoms. The second kappa shape index (κ2) is 3.97. The van der Waals surface area contributed by atoms with Crippen LogP contribution in [0.2, 0.25) is 0 Å². The van der Waals surface area contributed by atoms with Gasteiger partial charge in [0.2, 0.25) is 0 Å². The van der Waals surface area contributed by atoms with Gasteiger partial charge in [-0.15, -0.1) is 0 Å². The van der Waals surface area contributed by atoms with Crippen LogP contribution in [0.5, 0.6) is 11.5 Å². The van der Waals surface area contributed by atoms with Crippen molar-refractivity contribution in [2.75, 3.05) is 7.11 Å². The molecular weight excluding hydrogens is 220 g/mol. The van der Waals surface area contributed by atoms with Gasteiger partial charge in [-0.2, -0.15) is 0 Å². The zero-order valence-electron chi connectivity index (χ0n) is 9.52. The largest absolute Gasteiger partial charge is 0.506 e. The van der Waals surface area contributed by atoms with Crippen molar-refractivity contribution in [2.24, 2.45) is 0 Å². The van der Waals surface area contributed by atoms with Gasteiger partial charge in [-0.1, -0.05) is 18.2 Å². The van der Waals surface area contributed by atoms with Gasteiger partial charge >= 0.3 is 5.97 Å². The molecule has 17 heavy (non-hydrogen) atoms. The fourth-order valence-corrected chi connectivity index (χ4v) is 1.93. The second-order valence-corrected chi connectivity index (χ2v) is 3.78. The summed E-state index contributed by atoms with van der Waals surface area (Å²) in [6, 6.07) is 6.66. The van der Waals surface area contributed by atoms with Crippen LogP contribution < -0.4 is 4.74 Å². The third-order valence-electron chi connectivity index (χ3n) is 2.76. The Balaban J connectivity index is 2.95. The van der Waals surface area contributed by atoms with E-state index < -0.39 is 5.97 Å². The molecule has 2 aromatic carbocycles. The van der Waals surface area contributed by atoms with Crippen LogP contribution in [0.15, 0.2) is 24.3 Å². The molecule has 4 heteroatoms. The lowest BCUT2D eigenvalue weighted by molar-refractivity contribution is 0.0693. The average molecular weight is 232 g/mol. The Morgan fingerprint density at radius 2 is 2.06 bits per heavy atom. The summed E-state index contributed by atoms with van der Waals surface area (Å²) in [6.45, 7) is 1.88. The van der Waals surface area contributed by atoms with Crippen LogP contribution in [-0.2, 0) is 0 Å². The molecule has 0 unspecified atom stereocenters. The summed E-state index contributed by atoms with van der Waals surface area (Å²) in [6.07, 6.45) is 0. The van der Waals surface area contributed by atoms with Crippen molar-refractivity contribution >= 4 is 16.7 Å². The van der Waals surface area contributed by atoms with Gasteiger partial charge in [0.1, 0.15) is 17.1 Å². The molecule has 0 heterocycles. The molecule has 0 atom stereocenters. The van der Waals surface area contributed by atoms with Crippen molar-refractivity contribution in [1.82, 2.24) is 0 Å². The highest BCUT2D eigenvalue weighted by Crippen LogP contribution is 2.37. The number of phenols is 1. The Kier molecular flexibility index (Phi) is 2.63. The van der Waals surface area contributed by atoms with Crippen molar-refractivity contribution in [2.45, 2.75) is 6.92 Å². The first kappa shape index (κ1) is 11.3. The van der Waals surface area contributed by atoms with E-state index in [1.165, 1.54) is 13.2 Å². The van der Waals surface area contributed by atoms with E-state index in [0.717, 1.165) is 10.9 Å². The molecular formula is C13H12O4. The molecule has 2 N–H and O–H groups in total. The van der Waals surface area contributed by atoms with Gasteiger partial charge in [-0.3, -0.25) is 0 Å². The minimum Gasteiger partial charge on any atom is -0.506 e. The third-order valence-corrected chi connectivity index (χ3v) is 2.76. The fraction of sp³-hybridized carbons (Fsp3) is 0.154. The predicted molar refractivity (Wildman–Crippen MR) is 63.9 cm³/mol. The lowest BCUT2D eigenvalue weighted by Gasteiger charge is -2.11. The zero-order chi connectivity index (χ0) is 12.6. The molecule has 0 amide bonds. The van der Waals surface area contributed by atoms with Crippen LogP contribution >= 0.6 is 0 Å². The molecule has 0 aliphatic rings. The second-order valence-electron chi connectivity index (χ2n) is 3.78. The summed E-state index contributed by atoms with van der Waals surface area (Å²) in [5.74, 6) is -0.950. The predicted octanol–water partition coefficient (Wildman–Crippen LogP) is 2.56. The third kappa shape index (κ3) is 1.67. The van der Waals surface area contributed by atoms with E-state index in [0.29, 0.717) is 11.1 Å². The number of ether oxygens (including phenoxy) is 1. The number of aromatic carboxylic acids is 1. The minimum absolute atomic E-state index is 0.153. The number of rotatable bonds is 2. The zero-order valence-corrected chi connectivity index (χ0v) is 9.52. The molecule has 0 aliphatic carbocycles. The highest BCUT2D eigenvalue weighted by atomic mass is 16.5. The summed E-state index contributed by atoms with van der Waals surface area (Å²) in [4.78, 5) is 11.0. The summed E-state index contributed by atoms with van der Waals surface area (Å²) in [7, 11) is 1.48. The molecule has 0 radical (unpaired) electrons. The Labute approximate surface area is 98.1 Å². The van der Waals surface area contributed by atoms with Crippen LogP contribution in [0, 0.1) is 6.92 Å². The van der Waals surface area contributed by atoms with E-state index in [2.05, 4.69) is 0 Å². The van der Waals surface area contributed by atoms with Crippen LogP contribution in [0.1, 0.15) is 15.9 Å². The van der Waals surface area contributed by atoms with Gasteiger partial charge < -0.3 is 14.9 Å².